The zero-order chi connectivity index (χ0) is 30.0. The Balaban J connectivity index is 1.50. The molecule has 1 saturated heterocycles. The number of Topliss-reactive ketones (excluding diaryl/α,β-unsaturated/α-hetero) is 1. The second-order valence-electron chi connectivity index (χ2n) is 10.3. The Morgan fingerprint density at radius 1 is 1.02 bits per heavy atom. The molecule has 1 aromatic heterocycles. The third kappa shape index (κ3) is 6.29. The van der Waals surface area contributed by atoms with Gasteiger partial charge in [0.05, 0.1) is 30.5 Å². The van der Waals surface area contributed by atoms with Crippen molar-refractivity contribution in [2.75, 3.05) is 31.2 Å². The maximum absolute atomic E-state index is 13.8. The van der Waals surface area contributed by atoms with Crippen molar-refractivity contribution in [2.45, 2.75) is 38.7 Å². The molecule has 1 N–H and O–H groups in total. The normalized spacial score (nSPS) is 18.2. The van der Waals surface area contributed by atoms with Crippen molar-refractivity contribution in [2.24, 2.45) is 0 Å². The first-order chi connectivity index (χ1) is 20.0. The van der Waals surface area contributed by atoms with Crippen molar-refractivity contribution in [1.82, 2.24) is 15.1 Å². The van der Waals surface area contributed by atoms with Gasteiger partial charge in [-0.25, -0.2) is 0 Å². The molecular weight excluding hydrogens is 553 g/mol. The van der Waals surface area contributed by atoms with E-state index in [2.05, 4.69) is 19.8 Å². The smallest absolute Gasteiger partial charge is 0.503 e. The molecule has 1 atom stereocenters. The molecule has 0 aliphatic carbocycles. The number of amides is 1. The Bertz CT molecular complexity index is 1470. The molecule has 3 heterocycles. The van der Waals surface area contributed by atoms with Crippen molar-refractivity contribution in [3.63, 3.8) is 0 Å². The van der Waals surface area contributed by atoms with Crippen LogP contribution in [0.1, 0.15) is 53.0 Å². The molecule has 0 bridgehead atoms. The van der Waals surface area contributed by atoms with Gasteiger partial charge in [0.15, 0.2) is 17.4 Å². The van der Waals surface area contributed by atoms with Gasteiger partial charge in [-0.15, -0.1) is 18.3 Å². The van der Waals surface area contributed by atoms with E-state index in [1.807, 2.05) is 13.8 Å². The monoisotopic (exact) mass is 582 g/mol. The maximum Gasteiger partial charge on any atom is 0.573 e. The summed E-state index contributed by atoms with van der Waals surface area (Å²) < 4.78 is 47.6. The zero-order valence-corrected chi connectivity index (χ0v) is 23.0. The molecule has 42 heavy (non-hydrogen) atoms. The van der Waals surface area contributed by atoms with Crippen LogP contribution >= 0.6 is 0 Å². The second kappa shape index (κ2) is 11.9. The predicted octanol–water partition coefficient (Wildman–Crippen LogP) is 5.11. The van der Waals surface area contributed by atoms with E-state index in [0.29, 0.717) is 25.5 Å². The van der Waals surface area contributed by atoms with Gasteiger partial charge in [-0.1, -0.05) is 50.2 Å². The minimum absolute atomic E-state index is 0.0656. The molecule has 3 aromatic rings. The lowest BCUT2D eigenvalue weighted by molar-refractivity contribution is -0.274. The van der Waals surface area contributed by atoms with Crippen LogP contribution in [0.2, 0.25) is 0 Å². The number of hydrogen-bond acceptors (Lipinski definition) is 8. The summed E-state index contributed by atoms with van der Waals surface area (Å²) in [6, 6.07) is 13.7. The van der Waals surface area contributed by atoms with Crippen molar-refractivity contribution in [3.05, 3.63) is 94.4 Å². The van der Waals surface area contributed by atoms with Gasteiger partial charge >= 0.3 is 6.36 Å². The number of carbonyl (C=O) groups excluding carboxylic acids is 2. The molecule has 9 nitrogen and oxygen atoms in total. The lowest BCUT2D eigenvalue weighted by Crippen LogP contribution is -2.36. The number of nitrogens with zero attached hydrogens (tertiary/aromatic N) is 4. The van der Waals surface area contributed by atoms with E-state index in [0.717, 1.165) is 35.7 Å². The Kier molecular flexibility index (Phi) is 8.28. The van der Waals surface area contributed by atoms with Gasteiger partial charge in [-0.2, -0.15) is 5.10 Å². The predicted molar refractivity (Wildman–Crippen MR) is 146 cm³/mol. The molecule has 1 amide bonds. The summed E-state index contributed by atoms with van der Waals surface area (Å²) in [6.45, 7) is 7.25. The van der Waals surface area contributed by atoms with E-state index in [4.69, 9.17) is 4.74 Å². The summed E-state index contributed by atoms with van der Waals surface area (Å²) in [5.41, 5.74) is 1.93. The van der Waals surface area contributed by atoms with Crippen molar-refractivity contribution < 1.29 is 37.3 Å². The van der Waals surface area contributed by atoms with Gasteiger partial charge in [0.25, 0.3) is 5.91 Å². The number of ketones is 1. The number of aliphatic hydroxyl groups is 1. The summed E-state index contributed by atoms with van der Waals surface area (Å²) in [4.78, 5) is 30.5. The zero-order valence-electron chi connectivity index (χ0n) is 23.0. The molecule has 2 aliphatic heterocycles. The molecule has 1 unspecified atom stereocenters. The van der Waals surface area contributed by atoms with E-state index in [1.54, 1.807) is 36.4 Å². The van der Waals surface area contributed by atoms with Crippen LogP contribution < -0.4 is 9.64 Å². The van der Waals surface area contributed by atoms with Gasteiger partial charge in [-0.05, 0) is 41.3 Å². The first-order valence-electron chi connectivity index (χ1n) is 13.4. The number of halogens is 3. The number of ether oxygens (including phenoxy) is 2. The quantitative estimate of drug-likeness (QED) is 0.366. The van der Waals surface area contributed by atoms with Gasteiger partial charge in [0, 0.05) is 25.2 Å². The Labute approximate surface area is 240 Å². The van der Waals surface area contributed by atoms with Crippen LogP contribution in [0.3, 0.4) is 0 Å². The number of aromatic nitrogens is 2. The number of morpholine rings is 1. The molecule has 0 saturated carbocycles. The SMILES string of the molecule is CC(C)c1ccc(C(=O)C2=C(O)C(=O)N(c3ccc(CN4CCOCC4)nn3)C2c2ccc(OC(F)(F)F)cc2)cc1. The number of alkyl halides is 3. The Morgan fingerprint density at radius 3 is 2.26 bits per heavy atom. The third-order valence-electron chi connectivity index (χ3n) is 7.16. The van der Waals surface area contributed by atoms with E-state index in [9.17, 15) is 27.9 Å². The van der Waals surface area contributed by atoms with Crippen molar-refractivity contribution in [1.29, 1.82) is 0 Å². The molecule has 220 valence electrons. The molecule has 2 aliphatic rings. The fourth-order valence-electron chi connectivity index (χ4n) is 4.97. The van der Waals surface area contributed by atoms with E-state index < -0.39 is 35.6 Å². The number of hydrogen-bond donors (Lipinski definition) is 1. The van der Waals surface area contributed by atoms with E-state index in [-0.39, 0.29) is 28.4 Å². The van der Waals surface area contributed by atoms with E-state index in [1.165, 1.54) is 12.1 Å². The second-order valence-corrected chi connectivity index (χ2v) is 10.3. The summed E-state index contributed by atoms with van der Waals surface area (Å²) >= 11 is 0. The summed E-state index contributed by atoms with van der Waals surface area (Å²) in [7, 11) is 0. The number of aliphatic hydroxyl groups excluding tert-OH is 1. The molecule has 12 heteroatoms. The molecular formula is C30H29F3N4O5. The largest absolute Gasteiger partial charge is 0.573 e. The first kappa shape index (κ1) is 29.2. The number of benzene rings is 2. The molecule has 1 fully saturated rings. The summed E-state index contributed by atoms with van der Waals surface area (Å²) in [6.07, 6.45) is -4.89. The lowest BCUT2D eigenvalue weighted by Gasteiger charge is -2.27. The minimum atomic E-state index is -4.89. The third-order valence-corrected chi connectivity index (χ3v) is 7.16. The topological polar surface area (TPSA) is 105 Å². The lowest BCUT2D eigenvalue weighted by atomic mass is 9.91. The maximum atomic E-state index is 13.8. The molecule has 0 spiro atoms. The average Bonchev–Trinajstić information content (AvgIpc) is 3.23. The van der Waals surface area contributed by atoms with Crippen molar-refractivity contribution in [3.8, 4) is 5.75 Å². The molecule has 0 radical (unpaired) electrons. The van der Waals surface area contributed by atoms with Crippen molar-refractivity contribution >= 4 is 17.5 Å². The number of anilines is 1. The van der Waals surface area contributed by atoms with Gasteiger partial charge in [0.2, 0.25) is 0 Å². The highest BCUT2D eigenvalue weighted by atomic mass is 19.4. The van der Waals surface area contributed by atoms with Gasteiger partial charge in [0.1, 0.15) is 5.75 Å². The standard InChI is InChI=1S/C30H29F3N4O5/c1-18(2)19-3-5-21(6-4-19)27(38)25-26(20-7-10-23(11-8-20)42-30(31,32)33)37(29(40)28(25)39)24-12-9-22(34-35-24)17-36-13-15-41-16-14-36/h3-12,18,26,39H,13-17H2,1-2H3. The Hall–Kier alpha value is -4.29. The van der Waals surface area contributed by atoms with E-state index >= 15 is 0 Å². The minimum Gasteiger partial charge on any atom is -0.503 e. The molecule has 2 aromatic carbocycles. The molecule has 5 rings (SSSR count). The fraction of sp³-hybridized carbons (Fsp3) is 0.333. The summed E-state index contributed by atoms with van der Waals surface area (Å²) in [5.74, 6) is -2.44. The van der Waals surface area contributed by atoms with Gasteiger partial charge in [-0.3, -0.25) is 19.4 Å². The van der Waals surface area contributed by atoms with Crippen LogP contribution in [0.4, 0.5) is 19.0 Å². The van der Waals surface area contributed by atoms with Crippen LogP contribution in [0.5, 0.6) is 5.75 Å². The average molecular weight is 583 g/mol. The number of carbonyl (C=O) groups is 2. The number of rotatable bonds is 8. The van der Waals surface area contributed by atoms with Gasteiger partial charge < -0.3 is 14.6 Å². The van der Waals surface area contributed by atoms with Crippen LogP contribution in [0.25, 0.3) is 0 Å². The Morgan fingerprint density at radius 2 is 1.69 bits per heavy atom. The van der Waals surface area contributed by atoms with Crippen LogP contribution in [-0.4, -0.2) is 64.6 Å². The fourth-order valence-corrected chi connectivity index (χ4v) is 4.97. The highest BCUT2D eigenvalue weighted by Crippen LogP contribution is 2.42. The summed E-state index contributed by atoms with van der Waals surface area (Å²) in [5, 5.41) is 19.5. The van der Waals surface area contributed by atoms with Crippen LogP contribution in [-0.2, 0) is 16.1 Å². The van der Waals surface area contributed by atoms with Crippen LogP contribution in [0.15, 0.2) is 72.0 Å². The highest BCUT2D eigenvalue weighted by molar-refractivity contribution is 6.20. The first-order valence-corrected chi connectivity index (χ1v) is 13.4. The van der Waals surface area contributed by atoms with Crippen LogP contribution in [0, 0.1) is 0 Å². The highest BCUT2D eigenvalue weighted by Gasteiger charge is 2.45.